The number of aliphatic hydroxyl groups is 1. The molecule has 0 saturated heterocycles. The molecule has 110 valence electrons. The number of ether oxygens (including phenoxy) is 1. The first-order valence-corrected chi connectivity index (χ1v) is 6.41. The summed E-state index contributed by atoms with van der Waals surface area (Å²) in [5, 5.41) is 10.0. The number of aliphatic hydroxyl groups excluding tert-OH is 1. The first-order chi connectivity index (χ1) is 9.83. The van der Waals surface area contributed by atoms with Gasteiger partial charge in [0.1, 0.15) is 11.5 Å². The van der Waals surface area contributed by atoms with Crippen LogP contribution >= 0.6 is 0 Å². The number of benzene rings is 1. The van der Waals surface area contributed by atoms with Gasteiger partial charge in [0.25, 0.3) is 0 Å². The Morgan fingerprint density at radius 1 is 1.00 bits per heavy atom. The first-order valence-electron chi connectivity index (χ1n) is 6.41. The number of allylic oxidation sites excluding steroid dienone is 5. The summed E-state index contributed by atoms with van der Waals surface area (Å²) in [6, 6.07) is 17.4. The van der Waals surface area contributed by atoms with Gasteiger partial charge >= 0.3 is 0 Å². The molecule has 0 saturated carbocycles. The molecule has 0 aliphatic heterocycles. The second-order valence-corrected chi connectivity index (χ2v) is 4.18. The van der Waals surface area contributed by atoms with E-state index in [2.05, 4.69) is 0 Å². The Bertz CT molecular complexity index is 591. The Hall–Kier alpha value is -2.09. The summed E-state index contributed by atoms with van der Waals surface area (Å²) in [6.45, 7) is 0. The van der Waals surface area contributed by atoms with Crippen molar-refractivity contribution >= 4 is 5.76 Å². The van der Waals surface area contributed by atoms with Crippen molar-refractivity contribution in [3.05, 3.63) is 90.0 Å². The van der Waals surface area contributed by atoms with Gasteiger partial charge in [0, 0.05) is 22.6 Å². The van der Waals surface area contributed by atoms with E-state index in [1.165, 1.54) is 0 Å². The molecule has 0 radical (unpaired) electrons. The van der Waals surface area contributed by atoms with Crippen molar-refractivity contribution in [2.75, 3.05) is 7.11 Å². The van der Waals surface area contributed by atoms with Crippen LogP contribution in [0.1, 0.15) is 5.56 Å². The maximum absolute atomic E-state index is 10.0. The van der Waals surface area contributed by atoms with Crippen molar-refractivity contribution in [3.63, 3.8) is 0 Å². The Kier molecular flexibility index (Phi) is 7.24. The minimum atomic E-state index is 0. The van der Waals surface area contributed by atoms with Gasteiger partial charge in [-0.25, -0.2) is 12.1 Å². The molecule has 2 aromatic carbocycles. The fourth-order valence-electron chi connectivity index (χ4n) is 1.85. The SMILES string of the molecule is COc1ccccc1C(O)=C1C=CC=C1.[Fe].c1cc[cH-]c1. The average molecular weight is 321 g/mol. The van der Waals surface area contributed by atoms with E-state index in [4.69, 9.17) is 4.74 Å². The monoisotopic (exact) mass is 321 g/mol. The van der Waals surface area contributed by atoms with E-state index in [0.29, 0.717) is 11.3 Å². The van der Waals surface area contributed by atoms with Crippen molar-refractivity contribution in [1.29, 1.82) is 0 Å². The molecule has 0 aromatic heterocycles. The van der Waals surface area contributed by atoms with E-state index < -0.39 is 0 Å². The van der Waals surface area contributed by atoms with Gasteiger partial charge in [-0.3, -0.25) is 0 Å². The third-order valence-corrected chi connectivity index (χ3v) is 2.85. The number of hydrogen-bond acceptors (Lipinski definition) is 2. The van der Waals surface area contributed by atoms with Crippen molar-refractivity contribution in [2.24, 2.45) is 0 Å². The van der Waals surface area contributed by atoms with E-state index in [9.17, 15) is 5.11 Å². The molecule has 2 aromatic rings. The maximum atomic E-state index is 10.0. The van der Waals surface area contributed by atoms with E-state index >= 15 is 0 Å². The smallest absolute Gasteiger partial charge is 0.133 e. The van der Waals surface area contributed by atoms with Crippen LogP contribution < -0.4 is 4.74 Å². The van der Waals surface area contributed by atoms with Gasteiger partial charge in [0.15, 0.2) is 0 Å². The summed E-state index contributed by atoms with van der Waals surface area (Å²) in [7, 11) is 1.59. The summed E-state index contributed by atoms with van der Waals surface area (Å²) in [6.07, 6.45) is 7.51. The minimum absolute atomic E-state index is 0. The summed E-state index contributed by atoms with van der Waals surface area (Å²) in [5.41, 5.74) is 1.52. The number of hydrogen-bond donors (Lipinski definition) is 1. The van der Waals surface area contributed by atoms with Crippen molar-refractivity contribution in [2.45, 2.75) is 0 Å². The molecule has 1 aliphatic carbocycles. The molecule has 2 nitrogen and oxygen atoms in total. The van der Waals surface area contributed by atoms with Gasteiger partial charge in [-0.1, -0.05) is 36.4 Å². The molecule has 3 heteroatoms. The van der Waals surface area contributed by atoms with Crippen LogP contribution in [-0.2, 0) is 17.1 Å². The molecular weight excluding hydrogens is 304 g/mol. The maximum Gasteiger partial charge on any atom is 0.133 e. The molecule has 0 amide bonds. The zero-order chi connectivity index (χ0) is 14.2. The first kappa shape index (κ1) is 17.0. The quantitative estimate of drug-likeness (QED) is 0.501. The second kappa shape index (κ2) is 8.96. The summed E-state index contributed by atoms with van der Waals surface area (Å²) in [4.78, 5) is 0. The molecule has 1 N–H and O–H groups in total. The molecule has 0 unspecified atom stereocenters. The van der Waals surface area contributed by atoms with Gasteiger partial charge in [-0.05, 0) is 12.1 Å². The van der Waals surface area contributed by atoms with Crippen molar-refractivity contribution in [1.82, 2.24) is 0 Å². The fourth-order valence-corrected chi connectivity index (χ4v) is 1.85. The summed E-state index contributed by atoms with van der Waals surface area (Å²) >= 11 is 0. The molecule has 0 bridgehead atoms. The zero-order valence-corrected chi connectivity index (χ0v) is 12.8. The zero-order valence-electron chi connectivity index (χ0n) is 11.7. The van der Waals surface area contributed by atoms with Crippen molar-refractivity contribution < 1.29 is 26.9 Å². The Morgan fingerprint density at radius 3 is 2.14 bits per heavy atom. The van der Waals surface area contributed by atoms with Gasteiger partial charge in [-0.15, -0.1) is 0 Å². The fraction of sp³-hybridized carbons (Fsp3) is 0.0556. The number of methoxy groups -OCH3 is 1. The predicted molar refractivity (Wildman–Crippen MR) is 82.9 cm³/mol. The van der Waals surface area contributed by atoms with Crippen LogP contribution in [-0.4, -0.2) is 12.2 Å². The van der Waals surface area contributed by atoms with Crippen molar-refractivity contribution in [3.8, 4) is 5.75 Å². The van der Waals surface area contributed by atoms with Crippen LogP contribution in [0.3, 0.4) is 0 Å². The van der Waals surface area contributed by atoms with Gasteiger partial charge in [-0.2, -0.15) is 18.2 Å². The van der Waals surface area contributed by atoms with Crippen LogP contribution in [0.15, 0.2) is 84.5 Å². The molecule has 0 atom stereocenters. The average Bonchev–Trinajstić information content (AvgIpc) is 3.21. The topological polar surface area (TPSA) is 29.5 Å². The minimum Gasteiger partial charge on any atom is -0.507 e. The Labute approximate surface area is 135 Å². The number of rotatable bonds is 2. The van der Waals surface area contributed by atoms with E-state index in [1.807, 2.05) is 78.9 Å². The Balaban J connectivity index is 0.000000313. The standard InChI is InChI=1S/C13H12O2.C5H5.Fe/c1-15-12-9-5-4-8-11(12)13(14)10-6-2-3-7-10;1-2-4-5-3-1;/h2-9,14H,1H3;1-5H;/q;-1;. The van der Waals surface area contributed by atoms with Crippen LogP contribution in [0.2, 0.25) is 0 Å². The molecule has 21 heavy (non-hydrogen) atoms. The molecule has 0 spiro atoms. The van der Waals surface area contributed by atoms with Crippen LogP contribution in [0.25, 0.3) is 5.76 Å². The normalized spacial score (nSPS) is 11.4. The Morgan fingerprint density at radius 2 is 1.62 bits per heavy atom. The van der Waals surface area contributed by atoms with Crippen LogP contribution in [0.5, 0.6) is 5.75 Å². The van der Waals surface area contributed by atoms with E-state index in [-0.39, 0.29) is 22.8 Å². The van der Waals surface area contributed by atoms with Gasteiger partial charge in [0.05, 0.1) is 12.7 Å². The predicted octanol–water partition coefficient (Wildman–Crippen LogP) is 4.49. The summed E-state index contributed by atoms with van der Waals surface area (Å²) in [5.74, 6) is 0.925. The molecule has 0 heterocycles. The number of para-hydroxylation sites is 1. The second-order valence-electron chi connectivity index (χ2n) is 4.18. The van der Waals surface area contributed by atoms with E-state index in [1.54, 1.807) is 7.11 Å². The third-order valence-electron chi connectivity index (χ3n) is 2.85. The van der Waals surface area contributed by atoms with Crippen LogP contribution in [0.4, 0.5) is 0 Å². The molecule has 3 rings (SSSR count). The molecule has 0 fully saturated rings. The van der Waals surface area contributed by atoms with Gasteiger partial charge in [0.2, 0.25) is 0 Å². The summed E-state index contributed by atoms with van der Waals surface area (Å²) < 4.78 is 5.18. The van der Waals surface area contributed by atoms with E-state index in [0.717, 1.165) is 5.57 Å². The van der Waals surface area contributed by atoms with Crippen LogP contribution in [0, 0.1) is 0 Å². The largest absolute Gasteiger partial charge is 0.507 e. The molecule has 1 aliphatic rings. The van der Waals surface area contributed by atoms with Gasteiger partial charge < -0.3 is 9.84 Å². The molecular formula is C18H17FeO2-. The third kappa shape index (κ3) is 4.74.